The van der Waals surface area contributed by atoms with Crippen LogP contribution in [0.3, 0.4) is 0 Å². The van der Waals surface area contributed by atoms with Crippen LogP contribution in [0.1, 0.15) is 56.1 Å². The van der Waals surface area contributed by atoms with Gasteiger partial charge in [-0.15, -0.1) is 0 Å². The molecule has 4 aromatic rings. The number of carbonyl (C=O) groups is 1. The highest BCUT2D eigenvalue weighted by Crippen LogP contribution is 2.42. The number of halogens is 5. The summed E-state index contributed by atoms with van der Waals surface area (Å²) >= 11 is 1.17. The van der Waals surface area contributed by atoms with Crippen LogP contribution in [0, 0.1) is 18.6 Å². The Morgan fingerprint density at radius 3 is 2.11 bits per heavy atom. The van der Waals surface area contributed by atoms with Crippen molar-refractivity contribution in [2.75, 3.05) is 40.7 Å². The van der Waals surface area contributed by atoms with E-state index in [0.717, 1.165) is 5.69 Å². The third-order valence-electron chi connectivity index (χ3n) is 10.7. The molecule has 3 atom stereocenters. The van der Waals surface area contributed by atoms with Gasteiger partial charge in [0.05, 0.1) is 16.2 Å². The van der Waals surface area contributed by atoms with Gasteiger partial charge in [-0.3, -0.25) is 0 Å². The van der Waals surface area contributed by atoms with Crippen LogP contribution in [0.4, 0.5) is 39.0 Å². The number of aromatic nitrogens is 1. The molecule has 0 bridgehead atoms. The van der Waals surface area contributed by atoms with E-state index in [0.29, 0.717) is 85.0 Å². The summed E-state index contributed by atoms with van der Waals surface area (Å²) in [6.45, 7) is 10.1. The number of piperazine rings is 1. The second kappa shape index (κ2) is 17.1. The zero-order valence-corrected chi connectivity index (χ0v) is 33.7. The number of carboxylic acid groups (broad SMARTS) is 1. The Bertz CT molecular complexity index is 2220. The highest BCUT2D eigenvalue weighted by Gasteiger charge is 2.51. The molecule has 9 nitrogen and oxygen atoms in total. The first-order chi connectivity index (χ1) is 27.0. The summed E-state index contributed by atoms with van der Waals surface area (Å²) in [5.74, 6) is -2.08. The highest BCUT2D eigenvalue weighted by atomic mass is 32.2. The Kier molecular flexibility index (Phi) is 12.6. The first-order valence-electron chi connectivity index (χ1n) is 18.9. The number of hydrogen-bond acceptors (Lipinski definition) is 8. The third-order valence-corrected chi connectivity index (χ3v) is 13.4. The quantitative estimate of drug-likeness (QED) is 0.0899. The van der Waals surface area contributed by atoms with Crippen LogP contribution in [-0.2, 0) is 16.4 Å². The molecule has 1 aromatic heterocycles. The van der Waals surface area contributed by atoms with E-state index in [-0.39, 0.29) is 18.0 Å². The minimum absolute atomic E-state index is 0.0613. The second-order valence-electron chi connectivity index (χ2n) is 14.3. The predicted octanol–water partition coefficient (Wildman–Crippen LogP) is 9.25. The Hall–Kier alpha value is -4.54. The lowest BCUT2D eigenvalue weighted by Gasteiger charge is -2.37. The first kappa shape index (κ1) is 42.1. The van der Waals surface area contributed by atoms with Gasteiger partial charge in [0.15, 0.2) is 0 Å². The summed E-state index contributed by atoms with van der Waals surface area (Å²) < 4.78 is 100. The number of anilines is 3. The van der Waals surface area contributed by atoms with Gasteiger partial charge in [0, 0.05) is 78.4 Å². The fourth-order valence-electron chi connectivity index (χ4n) is 7.58. The number of nitrogens with zero attached hydrogens (tertiary/aromatic N) is 3. The smallest absolute Gasteiger partial charge is 0.478 e. The molecule has 0 spiro atoms. The summed E-state index contributed by atoms with van der Waals surface area (Å²) in [5.41, 5.74) is -0.607. The van der Waals surface area contributed by atoms with Gasteiger partial charge >= 0.3 is 11.5 Å². The Morgan fingerprint density at radius 1 is 0.895 bits per heavy atom. The van der Waals surface area contributed by atoms with Crippen molar-refractivity contribution in [3.63, 3.8) is 0 Å². The molecule has 3 N–H and O–H groups in total. The van der Waals surface area contributed by atoms with Crippen molar-refractivity contribution in [3.8, 4) is 22.4 Å². The summed E-state index contributed by atoms with van der Waals surface area (Å²) in [6, 6.07) is 16.9. The fraction of sp³-hybridized carbons (Fsp3) is 0.390. The molecule has 0 amide bonds. The molecule has 1 fully saturated rings. The zero-order chi connectivity index (χ0) is 41.2. The molecular weight excluding hydrogens is 786 g/mol. The van der Waals surface area contributed by atoms with Crippen LogP contribution >= 0.6 is 11.9 Å². The average molecular weight is 832 g/mol. The van der Waals surface area contributed by atoms with E-state index < -0.39 is 49.1 Å². The standard InChI is InChI=1S/C41H46F5N5O4S2/c1-5-25(3)47-35-16-15-34(24-36(35)57(54,55)41(44,45)46)56-48-31-11-13-32(14-12-31)49-17-19-50(20-18-49)33-22-28(21-30(43)23-33)38-37(40(52)53)26(4)51(6-2)39(38)27-7-9-29(42)10-8-27/h7-14,21-25,34-35,47-48H,5-6,15-20H2,1-4H3,(H,52,53)/t25-,34?,35?/m1/s1. The molecule has 1 saturated heterocycles. The molecule has 0 saturated carbocycles. The maximum Gasteiger partial charge on any atom is 0.501 e. The predicted molar refractivity (Wildman–Crippen MR) is 217 cm³/mol. The third kappa shape index (κ3) is 8.97. The van der Waals surface area contributed by atoms with Gasteiger partial charge in [-0.1, -0.05) is 13.0 Å². The summed E-state index contributed by atoms with van der Waals surface area (Å²) in [7, 11) is -5.50. The number of alkyl halides is 3. The van der Waals surface area contributed by atoms with Crippen molar-refractivity contribution in [1.29, 1.82) is 0 Å². The molecule has 2 heterocycles. The number of aromatic carboxylic acids is 1. The first-order valence-corrected chi connectivity index (χ1v) is 21.2. The number of nitrogens with one attached hydrogen (secondary N) is 2. The van der Waals surface area contributed by atoms with Crippen molar-refractivity contribution < 1.29 is 40.3 Å². The van der Waals surface area contributed by atoms with Crippen LogP contribution in [0.15, 0.2) is 77.7 Å². The fourth-order valence-corrected chi connectivity index (χ4v) is 9.73. The molecule has 0 radical (unpaired) electrons. The lowest BCUT2D eigenvalue weighted by molar-refractivity contribution is -0.0429. The van der Waals surface area contributed by atoms with E-state index >= 15 is 4.39 Å². The van der Waals surface area contributed by atoms with E-state index in [1.54, 1.807) is 25.1 Å². The van der Waals surface area contributed by atoms with E-state index in [4.69, 9.17) is 0 Å². The maximum absolute atomic E-state index is 15.4. The Morgan fingerprint density at radius 2 is 1.53 bits per heavy atom. The van der Waals surface area contributed by atoms with E-state index in [9.17, 15) is 35.9 Å². The monoisotopic (exact) mass is 831 g/mol. The molecule has 16 heteroatoms. The second-order valence-corrected chi connectivity index (χ2v) is 17.3. The Labute approximate surface area is 334 Å². The summed E-state index contributed by atoms with van der Waals surface area (Å²) in [6.07, 6.45) is 2.60. The summed E-state index contributed by atoms with van der Waals surface area (Å²) in [5, 5.41) is 12.9. The van der Waals surface area contributed by atoms with Crippen molar-refractivity contribution in [2.24, 2.45) is 0 Å². The van der Waals surface area contributed by atoms with Gasteiger partial charge in [0.1, 0.15) is 11.6 Å². The average Bonchev–Trinajstić information content (AvgIpc) is 3.49. The molecular formula is C41H46F5N5O4S2. The molecule has 3 aromatic carbocycles. The van der Waals surface area contributed by atoms with Crippen LogP contribution in [0.25, 0.3) is 22.4 Å². The van der Waals surface area contributed by atoms with E-state index in [2.05, 4.69) is 14.9 Å². The van der Waals surface area contributed by atoms with Gasteiger partial charge in [0.25, 0.3) is 9.84 Å². The number of sulfone groups is 1. The minimum atomic E-state index is -5.50. The number of hydrogen-bond donors (Lipinski definition) is 3. The zero-order valence-electron chi connectivity index (χ0n) is 32.0. The van der Waals surface area contributed by atoms with Crippen LogP contribution in [-0.4, -0.2) is 73.1 Å². The van der Waals surface area contributed by atoms with Gasteiger partial charge in [-0.2, -0.15) is 13.2 Å². The Balaban J connectivity index is 1.14. The van der Waals surface area contributed by atoms with Crippen molar-refractivity contribution in [1.82, 2.24) is 9.88 Å². The molecule has 57 heavy (non-hydrogen) atoms. The molecule has 1 aliphatic carbocycles. The molecule has 1 aliphatic heterocycles. The molecule has 306 valence electrons. The molecule has 2 unspecified atom stereocenters. The number of carboxylic acids is 1. The maximum atomic E-state index is 15.4. The van der Waals surface area contributed by atoms with E-state index in [1.807, 2.05) is 54.5 Å². The van der Waals surface area contributed by atoms with Crippen molar-refractivity contribution in [2.45, 2.75) is 76.3 Å². The SMILES string of the molecule is CC[C@@H](C)NC1CCC(SNc2ccc(N3CCN(c4cc(F)cc(-c5c(C(=O)O)c(C)n(CC)c5-c5ccc(F)cc5)c4)CC3)cc2)C=C1S(=O)(=O)C(F)(F)F. The topological polar surface area (TPSA) is 107 Å². The van der Waals surface area contributed by atoms with Gasteiger partial charge in [-0.05, 0) is 130 Å². The normalized spacial score (nSPS) is 18.4. The lowest BCUT2D eigenvalue weighted by Crippen LogP contribution is -2.46. The van der Waals surface area contributed by atoms with Gasteiger partial charge in [-0.25, -0.2) is 22.0 Å². The van der Waals surface area contributed by atoms with Crippen LogP contribution < -0.4 is 19.8 Å². The van der Waals surface area contributed by atoms with E-state index in [1.165, 1.54) is 42.3 Å². The molecule has 2 aliphatic rings. The minimum Gasteiger partial charge on any atom is -0.478 e. The summed E-state index contributed by atoms with van der Waals surface area (Å²) in [4.78, 5) is 16.2. The lowest BCUT2D eigenvalue weighted by atomic mass is 9.96. The van der Waals surface area contributed by atoms with Gasteiger partial charge in [0.2, 0.25) is 0 Å². The highest BCUT2D eigenvalue weighted by molar-refractivity contribution is 8.01. The molecule has 6 rings (SSSR count). The van der Waals surface area contributed by atoms with Crippen LogP contribution in [0.2, 0.25) is 0 Å². The van der Waals surface area contributed by atoms with Gasteiger partial charge < -0.3 is 29.5 Å². The van der Waals surface area contributed by atoms with Crippen molar-refractivity contribution in [3.05, 3.63) is 101 Å². The number of benzene rings is 3. The number of rotatable bonds is 13. The van der Waals surface area contributed by atoms with Crippen LogP contribution in [0.5, 0.6) is 0 Å². The van der Waals surface area contributed by atoms with Crippen molar-refractivity contribution >= 4 is 44.8 Å². The largest absolute Gasteiger partial charge is 0.501 e.